The molecule has 1 aliphatic rings. The Bertz CT molecular complexity index is 1090. The Kier molecular flexibility index (Phi) is 6.77. The van der Waals surface area contributed by atoms with Crippen LogP contribution in [0.2, 0.25) is 0 Å². The summed E-state index contributed by atoms with van der Waals surface area (Å²) in [6.45, 7) is 4.56. The van der Waals surface area contributed by atoms with Crippen molar-refractivity contribution in [2.24, 2.45) is 0 Å². The summed E-state index contributed by atoms with van der Waals surface area (Å²) >= 11 is 1.73. The van der Waals surface area contributed by atoms with Gasteiger partial charge in [-0.25, -0.2) is 13.4 Å². The van der Waals surface area contributed by atoms with Gasteiger partial charge in [0.2, 0.25) is 10.0 Å². The van der Waals surface area contributed by atoms with Crippen LogP contribution >= 0.6 is 11.8 Å². The predicted octanol–water partition coefficient (Wildman–Crippen LogP) is 3.80. The fraction of sp³-hybridized carbons (Fsp3) is 0.409. The number of imidazole rings is 1. The maximum Gasteiger partial charge on any atom is 0.243 e. The van der Waals surface area contributed by atoms with Crippen LogP contribution in [0.25, 0.3) is 11.0 Å². The zero-order valence-corrected chi connectivity index (χ0v) is 18.8. The third-order valence-corrected chi connectivity index (χ3v) is 8.25. The highest BCUT2D eigenvalue weighted by Crippen LogP contribution is 2.28. The van der Waals surface area contributed by atoms with Gasteiger partial charge in [-0.05, 0) is 43.5 Å². The molecular formula is C22H27N3O3S2. The first-order valence-electron chi connectivity index (χ1n) is 10.3. The second kappa shape index (κ2) is 9.51. The van der Waals surface area contributed by atoms with E-state index in [4.69, 9.17) is 9.72 Å². The summed E-state index contributed by atoms with van der Waals surface area (Å²) in [5, 5.41) is 0.946. The predicted molar refractivity (Wildman–Crippen MR) is 120 cm³/mol. The molecule has 4 rings (SSSR count). The monoisotopic (exact) mass is 445 g/mol. The SMILES string of the molecule is CCn1c(SCCCc2ccccc2)nc2cc(S(=O)(=O)N3CCOCC3)ccc21. The molecule has 0 unspecified atom stereocenters. The van der Waals surface area contributed by atoms with E-state index in [9.17, 15) is 8.42 Å². The molecule has 160 valence electrons. The lowest BCUT2D eigenvalue weighted by Crippen LogP contribution is -2.40. The second-order valence-corrected chi connectivity index (χ2v) is 10.2. The van der Waals surface area contributed by atoms with E-state index in [1.54, 1.807) is 23.9 Å². The third kappa shape index (κ3) is 4.56. The van der Waals surface area contributed by atoms with Crippen LogP contribution in [0.1, 0.15) is 18.9 Å². The number of sulfonamides is 1. The molecular weight excluding hydrogens is 418 g/mol. The molecule has 2 heterocycles. The number of thioether (sulfide) groups is 1. The second-order valence-electron chi connectivity index (χ2n) is 7.24. The van der Waals surface area contributed by atoms with E-state index >= 15 is 0 Å². The normalized spacial score (nSPS) is 15.6. The highest BCUT2D eigenvalue weighted by molar-refractivity contribution is 7.99. The van der Waals surface area contributed by atoms with Gasteiger partial charge in [-0.1, -0.05) is 42.1 Å². The molecule has 0 amide bonds. The molecule has 30 heavy (non-hydrogen) atoms. The maximum atomic E-state index is 13.0. The molecule has 0 aliphatic carbocycles. The molecule has 0 spiro atoms. The summed E-state index contributed by atoms with van der Waals surface area (Å²) in [6.07, 6.45) is 2.11. The number of fused-ring (bicyclic) bond motifs is 1. The smallest absolute Gasteiger partial charge is 0.243 e. The number of ether oxygens (including phenoxy) is 1. The lowest BCUT2D eigenvalue weighted by Gasteiger charge is -2.26. The van der Waals surface area contributed by atoms with E-state index in [0.29, 0.717) is 31.2 Å². The van der Waals surface area contributed by atoms with Gasteiger partial charge in [-0.3, -0.25) is 0 Å². The molecule has 0 atom stereocenters. The zero-order valence-electron chi connectivity index (χ0n) is 17.2. The van der Waals surface area contributed by atoms with E-state index in [0.717, 1.165) is 41.3 Å². The van der Waals surface area contributed by atoms with Crippen molar-refractivity contribution < 1.29 is 13.2 Å². The van der Waals surface area contributed by atoms with Crippen molar-refractivity contribution in [3.8, 4) is 0 Å². The number of aromatic nitrogens is 2. The molecule has 0 N–H and O–H groups in total. The molecule has 0 radical (unpaired) electrons. The topological polar surface area (TPSA) is 64.4 Å². The van der Waals surface area contributed by atoms with Crippen molar-refractivity contribution in [3.05, 3.63) is 54.1 Å². The molecule has 0 bridgehead atoms. The summed E-state index contributed by atoms with van der Waals surface area (Å²) in [4.78, 5) is 5.07. The number of hydrogen-bond acceptors (Lipinski definition) is 5. The highest BCUT2D eigenvalue weighted by Gasteiger charge is 2.27. The van der Waals surface area contributed by atoms with E-state index in [1.807, 2.05) is 12.1 Å². The van der Waals surface area contributed by atoms with Gasteiger partial charge in [0.25, 0.3) is 0 Å². The first-order valence-corrected chi connectivity index (χ1v) is 12.8. The Balaban J connectivity index is 1.50. The van der Waals surface area contributed by atoms with Gasteiger partial charge < -0.3 is 9.30 Å². The van der Waals surface area contributed by atoms with Crippen molar-refractivity contribution in [1.82, 2.24) is 13.9 Å². The molecule has 1 aliphatic heterocycles. The number of morpholine rings is 1. The number of hydrogen-bond donors (Lipinski definition) is 0. The van der Waals surface area contributed by atoms with Crippen LogP contribution in [0.5, 0.6) is 0 Å². The Morgan fingerprint density at radius 1 is 1.10 bits per heavy atom. The van der Waals surface area contributed by atoms with Crippen LogP contribution < -0.4 is 0 Å². The van der Waals surface area contributed by atoms with Gasteiger partial charge in [-0.15, -0.1) is 0 Å². The minimum atomic E-state index is -3.52. The van der Waals surface area contributed by atoms with Crippen molar-refractivity contribution in [1.29, 1.82) is 0 Å². The van der Waals surface area contributed by atoms with Crippen LogP contribution in [-0.4, -0.2) is 54.3 Å². The molecule has 0 saturated carbocycles. The fourth-order valence-corrected chi connectivity index (χ4v) is 6.13. The van der Waals surface area contributed by atoms with Crippen LogP contribution in [0.4, 0.5) is 0 Å². The van der Waals surface area contributed by atoms with Crippen molar-refractivity contribution in [3.63, 3.8) is 0 Å². The van der Waals surface area contributed by atoms with Gasteiger partial charge in [0.15, 0.2) is 5.16 Å². The zero-order chi connectivity index (χ0) is 21.0. The van der Waals surface area contributed by atoms with Crippen molar-refractivity contribution in [2.75, 3.05) is 32.1 Å². The summed E-state index contributed by atoms with van der Waals surface area (Å²) in [6, 6.07) is 15.8. The summed E-state index contributed by atoms with van der Waals surface area (Å²) in [5.41, 5.74) is 3.06. The third-order valence-electron chi connectivity index (χ3n) is 5.29. The van der Waals surface area contributed by atoms with Gasteiger partial charge >= 0.3 is 0 Å². The highest BCUT2D eigenvalue weighted by atomic mass is 32.2. The summed E-state index contributed by atoms with van der Waals surface area (Å²) in [7, 11) is -3.52. The van der Waals surface area contributed by atoms with E-state index in [1.165, 1.54) is 9.87 Å². The average Bonchev–Trinajstić information content (AvgIpc) is 3.14. The maximum absolute atomic E-state index is 13.0. The molecule has 1 fully saturated rings. The van der Waals surface area contributed by atoms with Crippen LogP contribution in [0.15, 0.2) is 58.6 Å². The van der Waals surface area contributed by atoms with Crippen molar-refractivity contribution in [2.45, 2.75) is 36.4 Å². The molecule has 3 aromatic rings. The number of nitrogens with zero attached hydrogens (tertiary/aromatic N) is 3. The van der Waals surface area contributed by atoms with E-state index in [-0.39, 0.29) is 0 Å². The molecule has 2 aromatic carbocycles. The average molecular weight is 446 g/mol. The quantitative estimate of drug-likeness (QED) is 0.390. The van der Waals surface area contributed by atoms with Gasteiger partial charge in [0, 0.05) is 25.4 Å². The first-order chi connectivity index (χ1) is 14.6. The standard InChI is InChI=1S/C22H27N3O3S2/c1-2-25-21-11-10-19(30(26,27)24-12-14-28-15-13-24)17-20(21)23-22(25)29-16-6-9-18-7-4-3-5-8-18/h3-5,7-8,10-11,17H,2,6,9,12-16H2,1H3. The fourth-order valence-electron chi connectivity index (χ4n) is 3.68. The molecule has 8 heteroatoms. The van der Waals surface area contributed by atoms with Crippen LogP contribution in [0.3, 0.4) is 0 Å². The Morgan fingerprint density at radius 2 is 1.87 bits per heavy atom. The minimum absolute atomic E-state index is 0.304. The molecule has 6 nitrogen and oxygen atoms in total. The molecule has 1 aromatic heterocycles. The lowest BCUT2D eigenvalue weighted by atomic mass is 10.1. The number of benzene rings is 2. The Hall–Kier alpha value is -1.87. The van der Waals surface area contributed by atoms with Gasteiger partial charge in [0.05, 0.1) is 29.1 Å². The number of aryl methyl sites for hydroxylation is 2. The Morgan fingerprint density at radius 3 is 2.60 bits per heavy atom. The summed E-state index contributed by atoms with van der Waals surface area (Å²) in [5.74, 6) is 0.969. The van der Waals surface area contributed by atoms with Crippen LogP contribution in [0, 0.1) is 0 Å². The van der Waals surface area contributed by atoms with Crippen molar-refractivity contribution >= 4 is 32.8 Å². The summed E-state index contributed by atoms with van der Waals surface area (Å²) < 4.78 is 34.9. The minimum Gasteiger partial charge on any atom is -0.379 e. The Labute approximate surface area is 182 Å². The lowest BCUT2D eigenvalue weighted by molar-refractivity contribution is 0.0730. The molecule has 1 saturated heterocycles. The number of rotatable bonds is 8. The van der Waals surface area contributed by atoms with E-state index < -0.39 is 10.0 Å². The van der Waals surface area contributed by atoms with Gasteiger partial charge in [-0.2, -0.15) is 4.31 Å². The van der Waals surface area contributed by atoms with Gasteiger partial charge in [0.1, 0.15) is 0 Å². The van der Waals surface area contributed by atoms with Crippen LogP contribution in [-0.2, 0) is 27.7 Å². The largest absolute Gasteiger partial charge is 0.379 e. The van der Waals surface area contributed by atoms with E-state index in [2.05, 4.69) is 35.8 Å². The first kappa shape index (κ1) is 21.4.